The van der Waals surface area contributed by atoms with Gasteiger partial charge in [0.25, 0.3) is 0 Å². The van der Waals surface area contributed by atoms with Crippen molar-refractivity contribution in [2.24, 2.45) is 0 Å². The van der Waals surface area contributed by atoms with E-state index in [1.165, 1.54) is 0 Å². The monoisotopic (exact) mass is 360 g/mol. The van der Waals surface area contributed by atoms with Gasteiger partial charge in [-0.15, -0.1) is 0 Å². The Morgan fingerprint density at radius 2 is 2.00 bits per heavy atom. The third kappa shape index (κ3) is 3.37. The van der Waals surface area contributed by atoms with Crippen LogP contribution in [-0.2, 0) is 16.1 Å². The number of benzene rings is 1. The molecule has 1 unspecified atom stereocenters. The normalized spacial score (nSPS) is 23.3. The zero-order valence-corrected chi connectivity index (χ0v) is 15.8. The Bertz CT molecular complexity index is 684. The van der Waals surface area contributed by atoms with Crippen molar-refractivity contribution in [1.29, 1.82) is 0 Å². The lowest BCUT2D eigenvalue weighted by Crippen LogP contribution is -2.55. The third-order valence-electron chi connectivity index (χ3n) is 5.71. The number of carbonyl (C=O) groups excluding carboxylic acids is 2. The van der Waals surface area contributed by atoms with Crippen molar-refractivity contribution in [2.45, 2.75) is 63.6 Å². The lowest BCUT2D eigenvalue weighted by atomic mass is 9.96. The van der Waals surface area contributed by atoms with Crippen molar-refractivity contribution in [1.82, 2.24) is 10.2 Å². The highest BCUT2D eigenvalue weighted by Crippen LogP contribution is 2.37. The van der Waals surface area contributed by atoms with Crippen LogP contribution in [0.15, 0.2) is 18.2 Å². The van der Waals surface area contributed by atoms with Gasteiger partial charge in [-0.3, -0.25) is 9.59 Å². The van der Waals surface area contributed by atoms with Gasteiger partial charge in [-0.25, -0.2) is 0 Å². The average molecular weight is 360 g/mol. The van der Waals surface area contributed by atoms with Gasteiger partial charge in [0.2, 0.25) is 11.8 Å². The Kier molecular flexibility index (Phi) is 5.39. The molecule has 6 heteroatoms. The second-order valence-corrected chi connectivity index (χ2v) is 7.36. The molecule has 2 aliphatic rings. The molecular weight excluding hydrogens is 332 g/mol. The number of amides is 2. The van der Waals surface area contributed by atoms with Gasteiger partial charge >= 0.3 is 0 Å². The molecule has 26 heavy (non-hydrogen) atoms. The van der Waals surface area contributed by atoms with E-state index in [-0.39, 0.29) is 17.9 Å². The fourth-order valence-corrected chi connectivity index (χ4v) is 4.05. The van der Waals surface area contributed by atoms with Crippen molar-refractivity contribution in [3.8, 4) is 11.5 Å². The number of hydrogen-bond donors (Lipinski definition) is 1. The molecule has 1 saturated heterocycles. The first-order chi connectivity index (χ1) is 12.5. The molecule has 0 spiro atoms. The number of ether oxygens (including phenoxy) is 2. The molecule has 2 amide bonds. The number of hydrogen-bond acceptors (Lipinski definition) is 4. The van der Waals surface area contributed by atoms with Gasteiger partial charge in [-0.1, -0.05) is 25.0 Å². The van der Waals surface area contributed by atoms with E-state index in [1.54, 1.807) is 19.1 Å². The van der Waals surface area contributed by atoms with Crippen LogP contribution in [0.3, 0.4) is 0 Å². The van der Waals surface area contributed by atoms with Gasteiger partial charge in [0.1, 0.15) is 5.54 Å². The summed E-state index contributed by atoms with van der Waals surface area (Å²) in [5.74, 6) is 1.18. The Morgan fingerprint density at radius 1 is 1.27 bits per heavy atom. The summed E-state index contributed by atoms with van der Waals surface area (Å²) in [6.45, 7) is 2.20. The summed E-state index contributed by atoms with van der Waals surface area (Å²) in [5, 5.41) is 3.16. The number of carbonyl (C=O) groups is 2. The largest absolute Gasteiger partial charge is 0.493 e. The first-order valence-corrected chi connectivity index (χ1v) is 9.31. The first kappa shape index (κ1) is 18.5. The summed E-state index contributed by atoms with van der Waals surface area (Å²) < 4.78 is 10.8. The molecule has 2 fully saturated rings. The van der Waals surface area contributed by atoms with Crippen LogP contribution >= 0.6 is 0 Å². The molecule has 1 aromatic carbocycles. The van der Waals surface area contributed by atoms with Crippen molar-refractivity contribution < 1.29 is 19.1 Å². The lowest BCUT2D eigenvalue weighted by molar-refractivity contribution is -0.141. The molecular formula is C20H28N2O4. The predicted octanol–water partition coefficient (Wildman–Crippen LogP) is 2.64. The maximum atomic E-state index is 13.0. The standard InChI is InChI=1S/C20H28N2O4/c1-20(19(24)21-15-8-4-5-9-15)12-11-17(23)22(20)13-14-7-6-10-16(25-2)18(14)26-3/h6-7,10,15H,4-5,8-9,11-13H2,1-3H3,(H,21,24). The van der Waals surface area contributed by atoms with Crippen LogP contribution in [0.2, 0.25) is 0 Å². The fourth-order valence-electron chi connectivity index (χ4n) is 4.05. The maximum Gasteiger partial charge on any atom is 0.245 e. The van der Waals surface area contributed by atoms with Crippen LogP contribution in [0.1, 0.15) is 51.0 Å². The van der Waals surface area contributed by atoms with Gasteiger partial charge in [0.05, 0.1) is 20.8 Å². The molecule has 1 aliphatic carbocycles. The Morgan fingerprint density at radius 3 is 2.65 bits per heavy atom. The molecule has 0 aromatic heterocycles. The van der Waals surface area contributed by atoms with E-state index in [4.69, 9.17) is 9.47 Å². The molecule has 1 aromatic rings. The molecule has 3 rings (SSSR count). The number of para-hydroxylation sites is 1. The van der Waals surface area contributed by atoms with E-state index in [9.17, 15) is 9.59 Å². The number of nitrogens with one attached hydrogen (secondary N) is 1. The Labute approximate surface area is 154 Å². The van der Waals surface area contributed by atoms with E-state index < -0.39 is 5.54 Å². The number of nitrogens with zero attached hydrogens (tertiary/aromatic N) is 1. The molecule has 0 bridgehead atoms. The van der Waals surface area contributed by atoms with Crippen molar-refractivity contribution >= 4 is 11.8 Å². The van der Waals surface area contributed by atoms with E-state index >= 15 is 0 Å². The zero-order valence-electron chi connectivity index (χ0n) is 15.8. The Balaban J connectivity index is 1.82. The first-order valence-electron chi connectivity index (χ1n) is 9.31. The topological polar surface area (TPSA) is 67.9 Å². The van der Waals surface area contributed by atoms with Crippen LogP contribution in [0.25, 0.3) is 0 Å². The van der Waals surface area contributed by atoms with Crippen LogP contribution in [0, 0.1) is 0 Å². The van der Waals surface area contributed by atoms with E-state index in [2.05, 4.69) is 5.32 Å². The van der Waals surface area contributed by atoms with Gasteiger partial charge in [-0.05, 0) is 32.3 Å². The molecule has 6 nitrogen and oxygen atoms in total. The SMILES string of the molecule is COc1cccc(CN2C(=O)CCC2(C)C(=O)NC2CCCC2)c1OC. The predicted molar refractivity (Wildman–Crippen MR) is 98.1 cm³/mol. The van der Waals surface area contributed by atoms with Gasteiger partial charge in [0.15, 0.2) is 11.5 Å². The zero-order chi connectivity index (χ0) is 18.7. The van der Waals surface area contributed by atoms with Crippen molar-refractivity contribution in [2.75, 3.05) is 14.2 Å². The fraction of sp³-hybridized carbons (Fsp3) is 0.600. The molecule has 1 heterocycles. The van der Waals surface area contributed by atoms with Crippen molar-refractivity contribution in [3.05, 3.63) is 23.8 Å². The highest BCUT2D eigenvalue weighted by molar-refractivity contribution is 5.94. The number of methoxy groups -OCH3 is 2. The average Bonchev–Trinajstić information content (AvgIpc) is 3.25. The Hall–Kier alpha value is -2.24. The highest BCUT2D eigenvalue weighted by atomic mass is 16.5. The van der Waals surface area contributed by atoms with Crippen LogP contribution in [0.5, 0.6) is 11.5 Å². The van der Waals surface area contributed by atoms with Gasteiger partial charge in [-0.2, -0.15) is 0 Å². The van der Waals surface area contributed by atoms with Gasteiger partial charge in [0, 0.05) is 18.0 Å². The summed E-state index contributed by atoms with van der Waals surface area (Å²) in [4.78, 5) is 27.2. The molecule has 1 atom stereocenters. The molecule has 1 saturated carbocycles. The van der Waals surface area contributed by atoms with Crippen molar-refractivity contribution in [3.63, 3.8) is 0 Å². The minimum absolute atomic E-state index is 0.000977. The van der Waals surface area contributed by atoms with Crippen LogP contribution in [0.4, 0.5) is 0 Å². The second-order valence-electron chi connectivity index (χ2n) is 7.36. The van der Waals surface area contributed by atoms with E-state index in [0.717, 1.165) is 31.2 Å². The van der Waals surface area contributed by atoms with Crippen LogP contribution < -0.4 is 14.8 Å². The summed E-state index contributed by atoms with van der Waals surface area (Å²) in [7, 11) is 3.17. The maximum absolute atomic E-state index is 13.0. The molecule has 142 valence electrons. The smallest absolute Gasteiger partial charge is 0.245 e. The molecule has 1 aliphatic heterocycles. The minimum Gasteiger partial charge on any atom is -0.493 e. The summed E-state index contributed by atoms with van der Waals surface area (Å²) in [6, 6.07) is 5.83. The molecule has 1 N–H and O–H groups in total. The second kappa shape index (κ2) is 7.56. The van der Waals surface area contributed by atoms with E-state index in [1.807, 2.05) is 25.1 Å². The third-order valence-corrected chi connectivity index (χ3v) is 5.71. The summed E-state index contributed by atoms with van der Waals surface area (Å²) in [5.41, 5.74) is 0.00954. The lowest BCUT2D eigenvalue weighted by Gasteiger charge is -2.35. The van der Waals surface area contributed by atoms with Gasteiger partial charge < -0.3 is 19.7 Å². The van der Waals surface area contributed by atoms with Crippen LogP contribution in [-0.4, -0.2) is 42.5 Å². The quantitative estimate of drug-likeness (QED) is 0.847. The van der Waals surface area contributed by atoms with E-state index in [0.29, 0.717) is 30.9 Å². The number of likely N-dealkylation sites (tertiary alicyclic amines) is 1. The summed E-state index contributed by atoms with van der Waals surface area (Å²) in [6.07, 6.45) is 5.30. The number of rotatable bonds is 6. The highest BCUT2D eigenvalue weighted by Gasteiger charge is 2.48. The molecule has 0 radical (unpaired) electrons. The minimum atomic E-state index is -0.826. The summed E-state index contributed by atoms with van der Waals surface area (Å²) >= 11 is 0.